The second-order valence-electron chi connectivity index (χ2n) is 3.27. The number of nitrogens with one attached hydrogen (secondary N) is 1. The lowest BCUT2D eigenvalue weighted by Crippen LogP contribution is -2.03. The topological polar surface area (TPSA) is 71.6 Å². The summed E-state index contributed by atoms with van der Waals surface area (Å²) >= 11 is 0. The number of H-pyrrole nitrogens is 1. The van der Waals surface area contributed by atoms with E-state index in [4.69, 9.17) is 9.47 Å². The van der Waals surface area contributed by atoms with Crippen molar-refractivity contribution in [2.45, 2.75) is 0 Å². The Morgan fingerprint density at radius 3 is 2.38 bits per heavy atom. The van der Waals surface area contributed by atoms with E-state index in [0.29, 0.717) is 22.4 Å². The van der Waals surface area contributed by atoms with Gasteiger partial charge >= 0.3 is 0 Å². The first-order chi connectivity index (χ1) is 7.65. The van der Waals surface area contributed by atoms with E-state index >= 15 is 0 Å². The third-order valence-electron chi connectivity index (χ3n) is 2.33. The van der Waals surface area contributed by atoms with Crippen molar-refractivity contribution in [2.75, 3.05) is 14.2 Å². The van der Waals surface area contributed by atoms with Crippen molar-refractivity contribution in [1.82, 2.24) is 4.98 Å². The number of aromatic amines is 1. The van der Waals surface area contributed by atoms with Crippen LogP contribution in [0.4, 0.5) is 0 Å². The molecule has 2 aromatic rings. The lowest BCUT2D eigenvalue weighted by Gasteiger charge is -2.09. The van der Waals surface area contributed by atoms with Crippen LogP contribution in [-0.4, -0.2) is 24.3 Å². The second-order valence-corrected chi connectivity index (χ2v) is 3.27. The number of aromatic nitrogens is 1. The molecule has 0 aliphatic rings. The van der Waals surface area contributed by atoms with Crippen LogP contribution in [0.1, 0.15) is 0 Å². The maximum Gasteiger partial charge on any atom is 0.252 e. The summed E-state index contributed by atoms with van der Waals surface area (Å²) in [7, 11) is 3.01. The molecule has 5 nitrogen and oxygen atoms in total. The Kier molecular flexibility index (Phi) is 2.44. The molecule has 84 valence electrons. The van der Waals surface area contributed by atoms with Gasteiger partial charge in [0.2, 0.25) is 0 Å². The van der Waals surface area contributed by atoms with Gasteiger partial charge in [-0.05, 0) is 6.07 Å². The van der Waals surface area contributed by atoms with Crippen molar-refractivity contribution >= 4 is 10.9 Å². The first-order valence-corrected chi connectivity index (χ1v) is 4.63. The molecule has 1 aromatic carbocycles. The van der Waals surface area contributed by atoms with Gasteiger partial charge in [-0.3, -0.25) is 4.79 Å². The molecule has 1 aromatic heterocycles. The summed E-state index contributed by atoms with van der Waals surface area (Å²) in [6, 6.07) is 4.34. The van der Waals surface area contributed by atoms with Gasteiger partial charge in [0.05, 0.1) is 19.7 Å². The Balaban J connectivity index is 2.83. The number of hydrogen-bond acceptors (Lipinski definition) is 4. The van der Waals surface area contributed by atoms with Crippen molar-refractivity contribution in [2.24, 2.45) is 0 Å². The summed E-state index contributed by atoms with van der Waals surface area (Å²) in [5.41, 5.74) is 0.139. The molecule has 0 spiro atoms. The first-order valence-electron chi connectivity index (χ1n) is 4.63. The summed E-state index contributed by atoms with van der Waals surface area (Å²) in [6.07, 6.45) is 0. The van der Waals surface area contributed by atoms with Gasteiger partial charge in [0.1, 0.15) is 5.75 Å². The largest absolute Gasteiger partial charge is 0.507 e. The highest BCUT2D eigenvalue weighted by molar-refractivity contribution is 5.87. The molecule has 5 heteroatoms. The van der Waals surface area contributed by atoms with Crippen molar-refractivity contribution < 1.29 is 14.6 Å². The average molecular weight is 221 g/mol. The first kappa shape index (κ1) is 10.4. The molecule has 0 aliphatic carbocycles. The number of ether oxygens (including phenoxy) is 2. The Morgan fingerprint density at radius 2 is 1.75 bits per heavy atom. The third kappa shape index (κ3) is 1.56. The Bertz CT molecular complexity index is 588. The van der Waals surface area contributed by atoms with E-state index in [1.807, 2.05) is 0 Å². The summed E-state index contributed by atoms with van der Waals surface area (Å²) in [5, 5.41) is 10.1. The monoisotopic (exact) mass is 221 g/mol. The van der Waals surface area contributed by atoms with Gasteiger partial charge in [-0.25, -0.2) is 0 Å². The van der Waals surface area contributed by atoms with Crippen molar-refractivity contribution in [3.63, 3.8) is 0 Å². The Labute approximate surface area is 91.2 Å². The zero-order valence-corrected chi connectivity index (χ0v) is 8.90. The van der Waals surface area contributed by atoms with Crippen LogP contribution in [-0.2, 0) is 0 Å². The van der Waals surface area contributed by atoms with Crippen LogP contribution in [0.25, 0.3) is 10.9 Å². The molecule has 0 amide bonds. The van der Waals surface area contributed by atoms with Crippen LogP contribution >= 0.6 is 0 Å². The van der Waals surface area contributed by atoms with Gasteiger partial charge in [0, 0.05) is 17.5 Å². The normalized spacial score (nSPS) is 10.4. The fourth-order valence-electron chi connectivity index (χ4n) is 1.57. The molecule has 16 heavy (non-hydrogen) atoms. The van der Waals surface area contributed by atoms with E-state index in [-0.39, 0.29) is 11.3 Å². The van der Waals surface area contributed by atoms with E-state index in [1.165, 1.54) is 14.2 Å². The molecular formula is C11H11NO4. The van der Waals surface area contributed by atoms with E-state index < -0.39 is 0 Å². The Morgan fingerprint density at radius 1 is 1.12 bits per heavy atom. The smallest absolute Gasteiger partial charge is 0.252 e. The predicted octanol–water partition coefficient (Wildman–Crippen LogP) is 1.25. The summed E-state index contributed by atoms with van der Waals surface area (Å²) in [4.78, 5) is 13.8. The van der Waals surface area contributed by atoms with Gasteiger partial charge in [0.25, 0.3) is 5.56 Å². The lowest BCUT2D eigenvalue weighted by molar-refractivity contribution is 0.355. The summed E-state index contributed by atoms with van der Waals surface area (Å²) in [5.74, 6) is 0.910. The zero-order valence-electron chi connectivity index (χ0n) is 8.90. The standard InChI is InChI=1S/C11H11NO4/c1-15-9-3-6-7(4-10(9)16-2)12-11(14)5-8(6)13/h3-5H,1-2H3,(H2,12,13,14). The molecule has 0 atom stereocenters. The molecule has 0 saturated heterocycles. The van der Waals surface area contributed by atoms with Crippen LogP contribution < -0.4 is 15.0 Å². The average Bonchev–Trinajstić information content (AvgIpc) is 2.27. The number of pyridine rings is 1. The zero-order chi connectivity index (χ0) is 11.7. The van der Waals surface area contributed by atoms with Crippen LogP contribution in [0.2, 0.25) is 0 Å². The predicted molar refractivity (Wildman–Crippen MR) is 59.3 cm³/mol. The van der Waals surface area contributed by atoms with Crippen molar-refractivity contribution in [3.8, 4) is 17.2 Å². The van der Waals surface area contributed by atoms with Gasteiger partial charge < -0.3 is 19.6 Å². The number of benzene rings is 1. The molecule has 2 N–H and O–H groups in total. The number of aromatic hydroxyl groups is 1. The molecular weight excluding hydrogens is 210 g/mol. The highest BCUT2D eigenvalue weighted by Crippen LogP contribution is 2.33. The lowest BCUT2D eigenvalue weighted by atomic mass is 10.2. The summed E-state index contributed by atoms with van der Waals surface area (Å²) < 4.78 is 10.2. The van der Waals surface area contributed by atoms with Crippen LogP contribution in [0, 0.1) is 0 Å². The minimum Gasteiger partial charge on any atom is -0.507 e. The summed E-state index contributed by atoms with van der Waals surface area (Å²) in [6.45, 7) is 0. The number of fused-ring (bicyclic) bond motifs is 1. The quantitative estimate of drug-likeness (QED) is 0.800. The third-order valence-corrected chi connectivity index (χ3v) is 2.33. The molecule has 0 radical (unpaired) electrons. The molecule has 0 aliphatic heterocycles. The van der Waals surface area contributed by atoms with E-state index in [1.54, 1.807) is 12.1 Å². The number of hydrogen-bond donors (Lipinski definition) is 2. The fraction of sp³-hybridized carbons (Fsp3) is 0.182. The Hall–Kier alpha value is -2.17. The molecule has 0 fully saturated rings. The highest BCUT2D eigenvalue weighted by Gasteiger charge is 2.09. The highest BCUT2D eigenvalue weighted by atomic mass is 16.5. The van der Waals surface area contributed by atoms with E-state index in [2.05, 4.69) is 4.98 Å². The SMILES string of the molecule is COc1cc2[nH]c(=O)cc(O)c2cc1OC. The van der Waals surface area contributed by atoms with E-state index in [9.17, 15) is 9.90 Å². The van der Waals surface area contributed by atoms with Gasteiger partial charge in [-0.2, -0.15) is 0 Å². The molecule has 0 unspecified atom stereocenters. The molecule has 1 heterocycles. The minimum atomic E-state index is -0.364. The van der Waals surface area contributed by atoms with E-state index in [0.717, 1.165) is 6.07 Å². The van der Waals surface area contributed by atoms with Crippen LogP contribution in [0.5, 0.6) is 17.2 Å². The van der Waals surface area contributed by atoms with Gasteiger partial charge in [0.15, 0.2) is 11.5 Å². The van der Waals surface area contributed by atoms with Crippen LogP contribution in [0.15, 0.2) is 23.0 Å². The molecule has 2 rings (SSSR count). The second kappa shape index (κ2) is 3.77. The minimum absolute atomic E-state index is 0.0836. The molecule has 0 bridgehead atoms. The maximum absolute atomic E-state index is 11.2. The van der Waals surface area contributed by atoms with Gasteiger partial charge in [-0.1, -0.05) is 0 Å². The van der Waals surface area contributed by atoms with Crippen molar-refractivity contribution in [3.05, 3.63) is 28.6 Å². The maximum atomic E-state index is 11.2. The fourth-order valence-corrected chi connectivity index (χ4v) is 1.57. The molecule has 0 saturated carbocycles. The van der Waals surface area contributed by atoms with Crippen molar-refractivity contribution in [1.29, 1.82) is 0 Å². The van der Waals surface area contributed by atoms with Crippen LogP contribution in [0.3, 0.4) is 0 Å². The van der Waals surface area contributed by atoms with Gasteiger partial charge in [-0.15, -0.1) is 0 Å². The number of methoxy groups -OCH3 is 2. The number of rotatable bonds is 2.